The zero-order chi connectivity index (χ0) is 10.8. The Morgan fingerprint density at radius 3 is 2.80 bits per heavy atom. The molecule has 2 heterocycles. The molecule has 0 aliphatic carbocycles. The molecule has 0 radical (unpaired) electrons. The molecule has 0 atom stereocenters. The Balaban J connectivity index is 2.19. The number of aromatic amines is 1. The molecule has 0 unspecified atom stereocenters. The maximum atomic E-state index is 10.9. The molecule has 82 valence electrons. The van der Waals surface area contributed by atoms with Gasteiger partial charge in [-0.15, -0.1) is 0 Å². The van der Waals surface area contributed by atoms with Crippen LogP contribution in [0.1, 0.15) is 24.3 Å². The third-order valence-corrected chi connectivity index (χ3v) is 3.26. The Hall–Kier alpha value is -0.870. The van der Waals surface area contributed by atoms with E-state index in [-0.39, 0.29) is 5.69 Å². The largest absolute Gasteiger partial charge is 0.346 e. The number of halogens is 1. The number of nitrogens with zero attached hydrogens (tertiary/aromatic N) is 2. The van der Waals surface area contributed by atoms with Crippen molar-refractivity contribution in [3.8, 4) is 0 Å². The van der Waals surface area contributed by atoms with Gasteiger partial charge in [0.25, 0.3) is 0 Å². The summed E-state index contributed by atoms with van der Waals surface area (Å²) >= 11 is 5.99. The Morgan fingerprint density at radius 1 is 1.53 bits per heavy atom. The highest BCUT2D eigenvalue weighted by molar-refractivity contribution is 6.30. The van der Waals surface area contributed by atoms with Crippen LogP contribution >= 0.6 is 11.6 Å². The Labute approximate surface area is 93.3 Å². The molecular formula is C10H14ClN3O. The van der Waals surface area contributed by atoms with E-state index in [4.69, 9.17) is 11.6 Å². The molecule has 1 fully saturated rings. The van der Waals surface area contributed by atoms with Crippen molar-refractivity contribution in [2.24, 2.45) is 0 Å². The predicted octanol–water partition coefficient (Wildman–Crippen LogP) is 1.23. The Bertz CT molecular complexity index is 396. The number of nitrogens with one attached hydrogen (secondary N) is 1. The number of H-pyrrole nitrogens is 1. The summed E-state index contributed by atoms with van der Waals surface area (Å²) in [4.78, 5) is 19.5. The molecule has 1 aliphatic rings. The average molecular weight is 228 g/mol. The second kappa shape index (κ2) is 4.33. The molecule has 5 heteroatoms. The molecule has 1 saturated heterocycles. The van der Waals surface area contributed by atoms with Crippen LogP contribution in [0, 0.1) is 0 Å². The van der Waals surface area contributed by atoms with Gasteiger partial charge in [0.1, 0.15) is 5.15 Å². The summed E-state index contributed by atoms with van der Waals surface area (Å²) < 4.78 is 0. The van der Waals surface area contributed by atoms with Gasteiger partial charge in [-0.05, 0) is 38.9 Å². The van der Waals surface area contributed by atoms with E-state index in [1.54, 1.807) is 6.20 Å². The van der Waals surface area contributed by atoms with Gasteiger partial charge >= 0.3 is 5.69 Å². The summed E-state index contributed by atoms with van der Waals surface area (Å²) in [5, 5.41) is 0.449. The zero-order valence-electron chi connectivity index (χ0n) is 8.66. The first kappa shape index (κ1) is 10.6. The number of rotatable bonds is 1. The van der Waals surface area contributed by atoms with Gasteiger partial charge in [-0.2, -0.15) is 0 Å². The Kier molecular flexibility index (Phi) is 3.07. The molecule has 4 nitrogen and oxygen atoms in total. The van der Waals surface area contributed by atoms with E-state index in [9.17, 15) is 4.79 Å². The fourth-order valence-electron chi connectivity index (χ4n) is 1.99. The monoisotopic (exact) mass is 227 g/mol. The summed E-state index contributed by atoms with van der Waals surface area (Å²) in [5.41, 5.74) is 0.598. The molecule has 1 aromatic rings. The van der Waals surface area contributed by atoms with Crippen LogP contribution in [0.4, 0.5) is 0 Å². The smallest absolute Gasteiger partial charge is 0.306 e. The second-order valence-corrected chi connectivity index (χ2v) is 4.41. The third kappa shape index (κ3) is 2.38. The van der Waals surface area contributed by atoms with Gasteiger partial charge < -0.3 is 4.90 Å². The van der Waals surface area contributed by atoms with E-state index in [0.29, 0.717) is 11.1 Å². The first-order valence-electron chi connectivity index (χ1n) is 5.10. The van der Waals surface area contributed by atoms with Crippen LogP contribution in [0.25, 0.3) is 0 Å². The van der Waals surface area contributed by atoms with E-state index in [1.165, 1.54) is 0 Å². The summed E-state index contributed by atoms with van der Waals surface area (Å²) in [7, 11) is 2.11. The number of likely N-dealkylation sites (tertiary alicyclic amines) is 1. The van der Waals surface area contributed by atoms with E-state index in [2.05, 4.69) is 21.9 Å². The van der Waals surface area contributed by atoms with Gasteiger partial charge in [-0.3, -0.25) is 4.98 Å². The number of hydrogen-bond donors (Lipinski definition) is 1. The van der Waals surface area contributed by atoms with E-state index in [0.717, 1.165) is 31.5 Å². The minimum atomic E-state index is -0.378. The molecule has 1 N–H and O–H groups in total. The minimum absolute atomic E-state index is 0.378. The standard InChI is InChI=1S/C10H14ClN3O/c1-14-4-2-7(3-5-14)8-6-12-10(15)13-9(8)11/h6-7H,2-5H2,1H3,(H,12,13,15). The van der Waals surface area contributed by atoms with Crippen LogP contribution in [0.5, 0.6) is 0 Å². The summed E-state index contributed by atoms with van der Waals surface area (Å²) in [6.07, 6.45) is 3.76. The maximum Gasteiger partial charge on any atom is 0.346 e. The SMILES string of the molecule is CN1CCC(c2cnc(=O)[nH]c2Cl)CC1. The van der Waals surface area contributed by atoms with Gasteiger partial charge in [-0.25, -0.2) is 9.78 Å². The molecule has 0 aromatic carbocycles. The van der Waals surface area contributed by atoms with Crippen molar-refractivity contribution in [3.63, 3.8) is 0 Å². The minimum Gasteiger partial charge on any atom is -0.306 e. The third-order valence-electron chi connectivity index (χ3n) is 2.95. The Morgan fingerprint density at radius 2 is 2.20 bits per heavy atom. The molecule has 2 rings (SSSR count). The second-order valence-electron chi connectivity index (χ2n) is 4.04. The fourth-order valence-corrected chi connectivity index (χ4v) is 2.27. The van der Waals surface area contributed by atoms with Gasteiger partial charge in [-0.1, -0.05) is 11.6 Å². The summed E-state index contributed by atoms with van der Waals surface area (Å²) in [5.74, 6) is 0.429. The van der Waals surface area contributed by atoms with E-state index >= 15 is 0 Å². The first-order valence-corrected chi connectivity index (χ1v) is 5.48. The number of piperidine rings is 1. The average Bonchev–Trinajstić information content (AvgIpc) is 2.20. The van der Waals surface area contributed by atoms with E-state index < -0.39 is 0 Å². The van der Waals surface area contributed by atoms with Crippen molar-refractivity contribution in [1.29, 1.82) is 0 Å². The van der Waals surface area contributed by atoms with Crippen LogP contribution in [0.15, 0.2) is 11.0 Å². The maximum absolute atomic E-state index is 10.9. The van der Waals surface area contributed by atoms with Crippen molar-refractivity contribution in [1.82, 2.24) is 14.9 Å². The van der Waals surface area contributed by atoms with Gasteiger partial charge in [0, 0.05) is 11.8 Å². The zero-order valence-corrected chi connectivity index (χ0v) is 9.42. The molecule has 1 aromatic heterocycles. The van der Waals surface area contributed by atoms with Crippen molar-refractivity contribution in [2.75, 3.05) is 20.1 Å². The number of hydrogen-bond acceptors (Lipinski definition) is 3. The predicted molar refractivity (Wildman–Crippen MR) is 59.3 cm³/mol. The van der Waals surface area contributed by atoms with Gasteiger partial charge in [0.05, 0.1) is 0 Å². The summed E-state index contributed by atoms with van der Waals surface area (Å²) in [6, 6.07) is 0. The summed E-state index contributed by atoms with van der Waals surface area (Å²) in [6.45, 7) is 2.14. The van der Waals surface area contributed by atoms with Crippen molar-refractivity contribution in [2.45, 2.75) is 18.8 Å². The van der Waals surface area contributed by atoms with Crippen LogP contribution in [-0.2, 0) is 0 Å². The fraction of sp³-hybridized carbons (Fsp3) is 0.600. The van der Waals surface area contributed by atoms with Crippen molar-refractivity contribution in [3.05, 3.63) is 27.4 Å². The molecular weight excluding hydrogens is 214 g/mol. The van der Waals surface area contributed by atoms with Crippen molar-refractivity contribution >= 4 is 11.6 Å². The van der Waals surface area contributed by atoms with E-state index in [1.807, 2.05) is 0 Å². The molecule has 0 spiro atoms. The number of aromatic nitrogens is 2. The van der Waals surface area contributed by atoms with Crippen LogP contribution in [-0.4, -0.2) is 35.0 Å². The lowest BCUT2D eigenvalue weighted by molar-refractivity contribution is 0.255. The lowest BCUT2D eigenvalue weighted by Gasteiger charge is -2.29. The lowest BCUT2D eigenvalue weighted by Crippen LogP contribution is -2.29. The van der Waals surface area contributed by atoms with Crippen LogP contribution in [0.2, 0.25) is 5.15 Å². The highest BCUT2D eigenvalue weighted by Gasteiger charge is 2.20. The molecule has 0 amide bonds. The molecule has 15 heavy (non-hydrogen) atoms. The molecule has 0 bridgehead atoms. The normalized spacial score (nSPS) is 19.3. The molecule has 0 saturated carbocycles. The van der Waals surface area contributed by atoms with Crippen LogP contribution < -0.4 is 5.69 Å². The topological polar surface area (TPSA) is 49.0 Å². The first-order chi connectivity index (χ1) is 7.16. The molecule has 1 aliphatic heterocycles. The van der Waals surface area contributed by atoms with Gasteiger partial charge in [0.2, 0.25) is 0 Å². The lowest BCUT2D eigenvalue weighted by atomic mass is 9.91. The highest BCUT2D eigenvalue weighted by Crippen LogP contribution is 2.29. The van der Waals surface area contributed by atoms with Gasteiger partial charge in [0.15, 0.2) is 0 Å². The quantitative estimate of drug-likeness (QED) is 0.735. The van der Waals surface area contributed by atoms with Crippen LogP contribution in [0.3, 0.4) is 0 Å². The highest BCUT2D eigenvalue weighted by atomic mass is 35.5. The van der Waals surface area contributed by atoms with Crippen molar-refractivity contribution < 1.29 is 0 Å².